The monoisotopic (exact) mass is 506 g/mol. The summed E-state index contributed by atoms with van der Waals surface area (Å²) in [4.78, 5) is 19.0. The zero-order chi connectivity index (χ0) is 26.7. The van der Waals surface area contributed by atoms with E-state index >= 15 is 0 Å². The number of rotatable bonds is 6. The molecule has 1 aliphatic heterocycles. The predicted octanol–water partition coefficient (Wildman–Crippen LogP) is 8.26. The third kappa shape index (κ3) is 6.60. The summed E-state index contributed by atoms with van der Waals surface area (Å²) in [5, 5.41) is 0. The highest BCUT2D eigenvalue weighted by Crippen LogP contribution is 2.34. The Morgan fingerprint density at radius 1 is 1.22 bits per heavy atom. The van der Waals surface area contributed by atoms with Crippen LogP contribution in [0.4, 0.5) is 9.18 Å². The smallest absolute Gasteiger partial charge is 0.410 e. The van der Waals surface area contributed by atoms with Crippen LogP contribution in [0.25, 0.3) is 16.7 Å². The van der Waals surface area contributed by atoms with Crippen molar-refractivity contribution in [2.75, 3.05) is 13.1 Å². The molecule has 5 nitrogen and oxygen atoms in total. The number of amides is 1. The number of nitrogens with zero attached hydrogens (tertiary/aromatic N) is 2. The van der Waals surface area contributed by atoms with Gasteiger partial charge >= 0.3 is 6.09 Å². The van der Waals surface area contributed by atoms with Gasteiger partial charge in [-0.1, -0.05) is 38.5 Å². The van der Waals surface area contributed by atoms with Crippen LogP contribution in [0.5, 0.6) is 0 Å². The Morgan fingerprint density at radius 3 is 2.59 bits per heavy atom. The maximum Gasteiger partial charge on any atom is 0.410 e. The number of oxazole rings is 1. The van der Waals surface area contributed by atoms with Crippen molar-refractivity contribution in [1.82, 2.24) is 9.88 Å². The van der Waals surface area contributed by atoms with E-state index < -0.39 is 5.60 Å². The van der Waals surface area contributed by atoms with E-state index in [9.17, 15) is 9.18 Å². The van der Waals surface area contributed by atoms with Crippen molar-refractivity contribution in [3.63, 3.8) is 0 Å². The molecule has 0 spiro atoms. The van der Waals surface area contributed by atoms with Gasteiger partial charge in [0, 0.05) is 19.0 Å². The van der Waals surface area contributed by atoms with Crippen molar-refractivity contribution in [2.24, 2.45) is 5.92 Å². The second-order valence-electron chi connectivity index (χ2n) is 11.3. The van der Waals surface area contributed by atoms with E-state index in [4.69, 9.17) is 14.1 Å². The second-order valence-corrected chi connectivity index (χ2v) is 11.3. The van der Waals surface area contributed by atoms with Crippen molar-refractivity contribution in [1.29, 1.82) is 0 Å². The van der Waals surface area contributed by atoms with Crippen molar-refractivity contribution in [2.45, 2.75) is 78.7 Å². The van der Waals surface area contributed by atoms with Crippen molar-refractivity contribution in [3.8, 4) is 0 Å². The molecule has 4 rings (SSSR count). The van der Waals surface area contributed by atoms with Crippen LogP contribution in [-0.2, 0) is 4.74 Å². The standard InChI is InChI=1S/C31H39FN2O3/c1-7-20(2)8-11-26(25-12-10-24(32)18-21(25)3)23-9-13-27-28(19-23)36-29(33-27)22-14-16-34(17-15-22)30(35)37-31(4,5)6/h9-13,18-20,22H,7-8,14-17H2,1-6H3. The summed E-state index contributed by atoms with van der Waals surface area (Å²) in [5.74, 6) is 1.21. The molecule has 37 heavy (non-hydrogen) atoms. The molecule has 3 aromatic rings. The molecule has 6 heteroatoms. The molecule has 0 radical (unpaired) electrons. The molecule has 0 saturated carbocycles. The number of benzene rings is 2. The van der Waals surface area contributed by atoms with Crippen molar-refractivity contribution >= 4 is 22.8 Å². The quantitative estimate of drug-likeness (QED) is 0.338. The van der Waals surface area contributed by atoms with Gasteiger partial charge in [0.05, 0.1) is 0 Å². The van der Waals surface area contributed by atoms with Crippen molar-refractivity contribution < 1.29 is 18.3 Å². The number of hydrogen-bond donors (Lipinski definition) is 0. The first kappa shape index (κ1) is 26.9. The Kier molecular flexibility index (Phi) is 8.05. The number of likely N-dealkylation sites (tertiary alicyclic amines) is 1. The highest BCUT2D eigenvalue weighted by atomic mass is 19.1. The number of carbonyl (C=O) groups excluding carboxylic acids is 1. The van der Waals surface area contributed by atoms with Crippen LogP contribution in [0.3, 0.4) is 0 Å². The number of allylic oxidation sites excluding steroid dienone is 1. The normalized spacial score (nSPS) is 16.3. The van der Waals surface area contributed by atoms with Gasteiger partial charge in [0.25, 0.3) is 0 Å². The average molecular weight is 507 g/mol. The van der Waals surface area contributed by atoms with Crippen LogP contribution < -0.4 is 0 Å². The van der Waals surface area contributed by atoms with Gasteiger partial charge in [0.2, 0.25) is 0 Å². The lowest BCUT2D eigenvalue weighted by molar-refractivity contribution is 0.0199. The predicted molar refractivity (Wildman–Crippen MR) is 146 cm³/mol. The summed E-state index contributed by atoms with van der Waals surface area (Å²) in [6.07, 6.45) is 5.61. The molecule has 0 bridgehead atoms. The largest absolute Gasteiger partial charge is 0.444 e. The Balaban J connectivity index is 1.57. The SMILES string of the molecule is CCC(C)CC=C(c1ccc2nc(C3CCN(C(=O)OC(C)(C)C)CC3)oc2c1)c1ccc(F)cc1C. The molecule has 1 amide bonds. The molecule has 0 N–H and O–H groups in total. The average Bonchev–Trinajstić information content (AvgIpc) is 3.27. The van der Waals surface area contributed by atoms with Gasteiger partial charge in [0.1, 0.15) is 16.9 Å². The van der Waals surface area contributed by atoms with Crippen LogP contribution in [0, 0.1) is 18.7 Å². The van der Waals surface area contributed by atoms with Gasteiger partial charge in [0.15, 0.2) is 11.5 Å². The maximum absolute atomic E-state index is 13.8. The van der Waals surface area contributed by atoms with Gasteiger partial charge in [-0.2, -0.15) is 0 Å². The minimum Gasteiger partial charge on any atom is -0.444 e. The molecule has 1 atom stereocenters. The number of aryl methyl sites for hydroxylation is 1. The summed E-state index contributed by atoms with van der Waals surface area (Å²) in [7, 11) is 0. The Labute approximate surface area is 219 Å². The zero-order valence-electron chi connectivity index (χ0n) is 22.9. The maximum atomic E-state index is 13.8. The fourth-order valence-corrected chi connectivity index (χ4v) is 4.72. The van der Waals surface area contributed by atoms with E-state index in [2.05, 4.69) is 26.0 Å². The minimum atomic E-state index is -0.500. The Morgan fingerprint density at radius 2 is 1.95 bits per heavy atom. The van der Waals surface area contributed by atoms with Gasteiger partial charge < -0.3 is 14.1 Å². The molecule has 198 valence electrons. The van der Waals surface area contributed by atoms with E-state index in [0.717, 1.165) is 64.9 Å². The lowest BCUT2D eigenvalue weighted by Crippen LogP contribution is -2.41. The summed E-state index contributed by atoms with van der Waals surface area (Å²) >= 11 is 0. The van der Waals surface area contributed by atoms with Crippen LogP contribution in [-0.4, -0.2) is 34.7 Å². The fourth-order valence-electron chi connectivity index (χ4n) is 4.72. The Hall–Kier alpha value is -3.15. The highest BCUT2D eigenvalue weighted by molar-refractivity contribution is 5.86. The highest BCUT2D eigenvalue weighted by Gasteiger charge is 2.29. The van der Waals surface area contributed by atoms with Gasteiger partial charge in [-0.3, -0.25) is 0 Å². The number of piperidine rings is 1. The second kappa shape index (κ2) is 11.1. The molecule has 1 aromatic heterocycles. The van der Waals surface area contributed by atoms with Crippen LogP contribution in [0.2, 0.25) is 0 Å². The molecule has 1 unspecified atom stereocenters. The topological polar surface area (TPSA) is 55.6 Å². The molecular weight excluding hydrogens is 467 g/mol. The van der Waals surface area contributed by atoms with E-state index in [-0.39, 0.29) is 17.8 Å². The summed E-state index contributed by atoms with van der Waals surface area (Å²) in [6, 6.07) is 11.1. The first-order valence-corrected chi connectivity index (χ1v) is 13.4. The summed E-state index contributed by atoms with van der Waals surface area (Å²) in [6.45, 7) is 13.3. The number of fused-ring (bicyclic) bond motifs is 1. The molecule has 1 aliphatic rings. The number of carbonyl (C=O) groups is 1. The molecular formula is C31H39FN2O3. The number of hydrogen-bond acceptors (Lipinski definition) is 4. The van der Waals surface area contributed by atoms with Crippen LogP contribution >= 0.6 is 0 Å². The third-order valence-electron chi connectivity index (χ3n) is 7.11. The molecule has 0 aliphatic carbocycles. The lowest BCUT2D eigenvalue weighted by Gasteiger charge is -2.32. The first-order valence-electron chi connectivity index (χ1n) is 13.4. The number of halogens is 1. The van der Waals surface area contributed by atoms with Crippen molar-refractivity contribution in [3.05, 3.63) is 70.9 Å². The van der Waals surface area contributed by atoms with E-state index in [1.165, 1.54) is 6.07 Å². The molecule has 1 fully saturated rings. The van der Waals surface area contributed by atoms with E-state index in [1.807, 2.05) is 45.9 Å². The van der Waals surface area contributed by atoms with Gasteiger partial charge in [-0.25, -0.2) is 14.2 Å². The van der Waals surface area contributed by atoms with Gasteiger partial charge in [-0.15, -0.1) is 0 Å². The van der Waals surface area contributed by atoms with Gasteiger partial charge in [-0.05, 0) is 99.4 Å². The summed E-state index contributed by atoms with van der Waals surface area (Å²) < 4.78 is 25.6. The third-order valence-corrected chi connectivity index (χ3v) is 7.11. The van der Waals surface area contributed by atoms with E-state index in [1.54, 1.807) is 11.0 Å². The van der Waals surface area contributed by atoms with E-state index in [0.29, 0.717) is 19.0 Å². The fraction of sp³-hybridized carbons (Fsp3) is 0.484. The zero-order valence-corrected chi connectivity index (χ0v) is 22.9. The minimum absolute atomic E-state index is 0.161. The summed E-state index contributed by atoms with van der Waals surface area (Å²) in [5.41, 5.74) is 5.13. The number of ether oxygens (including phenoxy) is 1. The Bertz CT molecular complexity index is 1280. The molecule has 1 saturated heterocycles. The van der Waals surface area contributed by atoms with Crippen LogP contribution in [0.1, 0.15) is 88.8 Å². The number of aromatic nitrogens is 1. The first-order chi connectivity index (χ1) is 17.5. The molecule has 2 aromatic carbocycles. The lowest BCUT2D eigenvalue weighted by atomic mass is 9.91. The van der Waals surface area contributed by atoms with Crippen LogP contribution in [0.15, 0.2) is 46.9 Å². The molecule has 2 heterocycles.